The van der Waals surface area contributed by atoms with E-state index in [0.717, 1.165) is 30.1 Å². The van der Waals surface area contributed by atoms with Crippen molar-refractivity contribution in [3.63, 3.8) is 0 Å². The predicted molar refractivity (Wildman–Crippen MR) is 74.1 cm³/mol. The first-order valence-corrected chi connectivity index (χ1v) is 7.09. The summed E-state index contributed by atoms with van der Waals surface area (Å²) >= 11 is 1.73. The molecule has 20 heavy (non-hydrogen) atoms. The van der Waals surface area contributed by atoms with Gasteiger partial charge in [-0.1, -0.05) is 0 Å². The maximum absolute atomic E-state index is 13.8. The third-order valence-corrected chi connectivity index (χ3v) is 4.47. The Balaban J connectivity index is 2.48. The maximum atomic E-state index is 13.8. The summed E-state index contributed by atoms with van der Waals surface area (Å²) in [6.45, 7) is 0. The van der Waals surface area contributed by atoms with E-state index in [4.69, 9.17) is 5.11 Å². The molecule has 6 nitrogen and oxygen atoms in total. The second kappa shape index (κ2) is 5.66. The zero-order chi connectivity index (χ0) is 14.9. The van der Waals surface area contributed by atoms with E-state index in [0.29, 0.717) is 0 Å². The van der Waals surface area contributed by atoms with Gasteiger partial charge >= 0.3 is 5.97 Å². The number of aromatic carboxylic acids is 1. The average molecular weight is 300 g/mol. The van der Waals surface area contributed by atoms with E-state index in [1.54, 1.807) is 23.7 Å². The largest absolute Gasteiger partial charge is 0.478 e. The van der Waals surface area contributed by atoms with Crippen LogP contribution in [0.2, 0.25) is 0 Å². The molecule has 1 aromatic rings. The summed E-state index contributed by atoms with van der Waals surface area (Å²) in [4.78, 5) is 22.9. The van der Waals surface area contributed by atoms with Crippen LogP contribution >= 0.6 is 11.8 Å². The number of carboxylic acid groups (broad SMARTS) is 1. The molecule has 0 saturated carbocycles. The number of carboxylic acids is 1. The number of benzene rings is 1. The lowest BCUT2D eigenvalue weighted by Crippen LogP contribution is -2.32. The Morgan fingerprint density at radius 3 is 2.80 bits per heavy atom. The minimum absolute atomic E-state index is 0.0915. The SMILES string of the molecule is CN(c1cc(F)c(C(=O)O)cc1[N+](=O)[O-])C1CCSC1. The summed E-state index contributed by atoms with van der Waals surface area (Å²) in [6, 6.07) is 1.81. The Morgan fingerprint density at radius 1 is 1.60 bits per heavy atom. The highest BCUT2D eigenvalue weighted by atomic mass is 32.2. The van der Waals surface area contributed by atoms with Crippen molar-refractivity contribution >= 4 is 29.1 Å². The maximum Gasteiger partial charge on any atom is 0.338 e. The van der Waals surface area contributed by atoms with Crippen LogP contribution < -0.4 is 4.90 Å². The Labute approximate surface area is 118 Å². The van der Waals surface area contributed by atoms with Gasteiger partial charge in [-0.15, -0.1) is 0 Å². The van der Waals surface area contributed by atoms with Crippen LogP contribution in [-0.4, -0.2) is 40.6 Å². The van der Waals surface area contributed by atoms with Gasteiger partial charge in [0.05, 0.1) is 4.92 Å². The standard InChI is InChI=1S/C12H13FN2O4S/c1-14(7-2-3-20-6-7)10-5-9(13)8(12(16)17)4-11(10)15(18)19/h4-5,7H,2-3,6H2,1H3,(H,16,17). The molecule has 2 rings (SSSR count). The molecule has 1 atom stereocenters. The zero-order valence-electron chi connectivity index (χ0n) is 10.7. The van der Waals surface area contributed by atoms with Gasteiger partial charge in [0.2, 0.25) is 0 Å². The van der Waals surface area contributed by atoms with Crippen molar-refractivity contribution in [2.24, 2.45) is 0 Å². The zero-order valence-corrected chi connectivity index (χ0v) is 11.5. The summed E-state index contributed by atoms with van der Waals surface area (Å²) in [5.41, 5.74) is -0.956. The fraction of sp³-hybridized carbons (Fsp3) is 0.417. The molecule has 1 aliphatic heterocycles. The fourth-order valence-electron chi connectivity index (χ4n) is 2.17. The number of hydrogen-bond acceptors (Lipinski definition) is 5. The van der Waals surface area contributed by atoms with E-state index in [1.807, 2.05) is 0 Å². The number of carbonyl (C=O) groups is 1. The van der Waals surface area contributed by atoms with Crippen molar-refractivity contribution in [3.8, 4) is 0 Å². The molecule has 0 radical (unpaired) electrons. The molecule has 0 amide bonds. The molecular weight excluding hydrogens is 287 g/mol. The van der Waals surface area contributed by atoms with E-state index in [9.17, 15) is 19.3 Å². The molecule has 1 fully saturated rings. The van der Waals surface area contributed by atoms with E-state index < -0.39 is 22.3 Å². The second-order valence-corrected chi connectivity index (χ2v) is 5.66. The van der Waals surface area contributed by atoms with Crippen molar-refractivity contribution in [2.45, 2.75) is 12.5 Å². The quantitative estimate of drug-likeness (QED) is 0.679. The van der Waals surface area contributed by atoms with E-state index in [-0.39, 0.29) is 17.4 Å². The first-order chi connectivity index (χ1) is 9.41. The van der Waals surface area contributed by atoms with Crippen LogP contribution in [0.15, 0.2) is 12.1 Å². The van der Waals surface area contributed by atoms with Gasteiger partial charge in [-0.25, -0.2) is 9.18 Å². The van der Waals surface area contributed by atoms with Crippen LogP contribution in [0, 0.1) is 15.9 Å². The van der Waals surface area contributed by atoms with Gasteiger partial charge in [0.15, 0.2) is 0 Å². The Morgan fingerprint density at radius 2 is 2.30 bits per heavy atom. The molecule has 1 unspecified atom stereocenters. The van der Waals surface area contributed by atoms with E-state index in [1.165, 1.54) is 0 Å². The summed E-state index contributed by atoms with van der Waals surface area (Å²) in [5, 5.41) is 19.9. The van der Waals surface area contributed by atoms with Gasteiger partial charge in [-0.2, -0.15) is 11.8 Å². The summed E-state index contributed by atoms with van der Waals surface area (Å²) in [7, 11) is 1.67. The van der Waals surface area contributed by atoms with Crippen molar-refractivity contribution < 1.29 is 19.2 Å². The highest BCUT2D eigenvalue weighted by molar-refractivity contribution is 7.99. The van der Waals surface area contributed by atoms with E-state index >= 15 is 0 Å². The third-order valence-electron chi connectivity index (χ3n) is 3.32. The molecular formula is C12H13FN2O4S. The van der Waals surface area contributed by atoms with Crippen molar-refractivity contribution in [2.75, 3.05) is 23.5 Å². The summed E-state index contributed by atoms with van der Waals surface area (Å²) in [5.74, 6) is -0.708. The topological polar surface area (TPSA) is 83.7 Å². The van der Waals surface area contributed by atoms with Gasteiger partial charge < -0.3 is 10.0 Å². The van der Waals surface area contributed by atoms with Crippen LogP contribution in [0.1, 0.15) is 16.8 Å². The average Bonchev–Trinajstić information content (AvgIpc) is 2.90. The highest BCUT2D eigenvalue weighted by Gasteiger charge is 2.28. The molecule has 0 spiro atoms. The highest BCUT2D eigenvalue weighted by Crippen LogP contribution is 2.34. The number of thioether (sulfide) groups is 1. The molecule has 1 aliphatic rings. The van der Waals surface area contributed by atoms with Crippen molar-refractivity contribution in [3.05, 3.63) is 33.6 Å². The molecule has 0 aromatic heterocycles. The normalized spacial score (nSPS) is 18.0. The lowest BCUT2D eigenvalue weighted by Gasteiger charge is -2.25. The predicted octanol–water partition coefficient (Wildman–Crippen LogP) is 2.37. The van der Waals surface area contributed by atoms with Crippen LogP contribution in [0.5, 0.6) is 0 Å². The second-order valence-electron chi connectivity index (χ2n) is 4.51. The van der Waals surface area contributed by atoms with Crippen LogP contribution in [0.3, 0.4) is 0 Å². The minimum atomic E-state index is -1.52. The Bertz CT molecular complexity index is 561. The number of nitrogens with zero attached hydrogens (tertiary/aromatic N) is 2. The van der Waals surface area contributed by atoms with Crippen molar-refractivity contribution in [1.29, 1.82) is 0 Å². The molecule has 1 N–H and O–H groups in total. The van der Waals surface area contributed by atoms with Gasteiger partial charge in [-0.3, -0.25) is 10.1 Å². The summed E-state index contributed by atoms with van der Waals surface area (Å²) in [6.07, 6.45) is 0.862. The van der Waals surface area contributed by atoms with Gasteiger partial charge in [0.1, 0.15) is 17.1 Å². The third kappa shape index (κ3) is 2.69. The van der Waals surface area contributed by atoms with Crippen molar-refractivity contribution in [1.82, 2.24) is 0 Å². The number of anilines is 1. The first-order valence-electron chi connectivity index (χ1n) is 5.93. The minimum Gasteiger partial charge on any atom is -0.478 e. The Kier molecular flexibility index (Phi) is 4.12. The number of rotatable bonds is 4. The number of halogens is 1. The monoisotopic (exact) mass is 300 g/mol. The molecule has 1 aromatic carbocycles. The molecule has 1 saturated heterocycles. The number of nitro groups is 1. The molecule has 8 heteroatoms. The molecule has 0 bridgehead atoms. The van der Waals surface area contributed by atoms with Gasteiger partial charge in [0.25, 0.3) is 5.69 Å². The molecule has 108 valence electrons. The molecule has 0 aliphatic carbocycles. The fourth-order valence-corrected chi connectivity index (χ4v) is 3.44. The van der Waals surface area contributed by atoms with Crippen LogP contribution in [-0.2, 0) is 0 Å². The number of nitro benzene ring substituents is 1. The van der Waals surface area contributed by atoms with Gasteiger partial charge in [0, 0.05) is 31.0 Å². The number of hydrogen-bond donors (Lipinski definition) is 1. The lowest BCUT2D eigenvalue weighted by molar-refractivity contribution is -0.384. The summed E-state index contributed by atoms with van der Waals surface area (Å²) < 4.78 is 13.8. The smallest absolute Gasteiger partial charge is 0.338 e. The van der Waals surface area contributed by atoms with Gasteiger partial charge in [-0.05, 0) is 12.2 Å². The van der Waals surface area contributed by atoms with Crippen LogP contribution in [0.25, 0.3) is 0 Å². The Hall–Kier alpha value is -1.83. The lowest BCUT2D eigenvalue weighted by atomic mass is 10.1. The first kappa shape index (κ1) is 14.6. The van der Waals surface area contributed by atoms with Crippen LogP contribution in [0.4, 0.5) is 15.8 Å². The van der Waals surface area contributed by atoms with E-state index in [2.05, 4.69) is 0 Å². The molecule has 1 heterocycles.